The number of allylic oxidation sites excluding steroid dienone is 2. The summed E-state index contributed by atoms with van der Waals surface area (Å²) < 4.78 is 34.9. The summed E-state index contributed by atoms with van der Waals surface area (Å²) in [6.07, 6.45) is 36.7. The van der Waals surface area contributed by atoms with Gasteiger partial charge in [-0.2, -0.15) is 0 Å². The molecule has 0 rings (SSSR count). The summed E-state index contributed by atoms with van der Waals surface area (Å²) in [6.45, 7) is 5.62. The number of likely N-dealkylation sites (N-methyl/N-ethyl adjacent to an activating group) is 1. The number of ether oxygens (including phenoxy) is 2. The van der Waals surface area contributed by atoms with Crippen LogP contribution in [0.15, 0.2) is 12.2 Å². The third-order valence-corrected chi connectivity index (χ3v) is 10.1. The van der Waals surface area contributed by atoms with Crippen molar-refractivity contribution >= 4 is 13.8 Å². The molecule has 0 aliphatic heterocycles. The first kappa shape index (κ1) is 49.2. The molecule has 0 aliphatic carbocycles. The molecular weight excluding hydrogens is 649 g/mol. The highest BCUT2D eigenvalue weighted by molar-refractivity contribution is 7.47. The topological polar surface area (TPSA) is 91.3 Å². The summed E-state index contributed by atoms with van der Waals surface area (Å²) >= 11 is 0. The van der Waals surface area contributed by atoms with Crippen LogP contribution < -0.4 is 0 Å². The molecule has 0 radical (unpaired) electrons. The van der Waals surface area contributed by atoms with Crippen molar-refractivity contribution < 1.29 is 37.3 Å². The molecule has 0 fully saturated rings. The second kappa shape index (κ2) is 35.3. The van der Waals surface area contributed by atoms with E-state index < -0.39 is 13.9 Å². The smallest absolute Gasteiger partial charge is 0.457 e. The normalized spacial score (nSPS) is 14.0. The zero-order valence-corrected chi connectivity index (χ0v) is 34.5. The van der Waals surface area contributed by atoms with Crippen molar-refractivity contribution in [3.8, 4) is 0 Å². The van der Waals surface area contributed by atoms with Crippen LogP contribution in [0.25, 0.3) is 0 Å². The van der Waals surface area contributed by atoms with E-state index in [9.17, 15) is 14.3 Å². The summed E-state index contributed by atoms with van der Waals surface area (Å²) in [4.78, 5) is 22.8. The highest BCUT2D eigenvalue weighted by atomic mass is 31.2. The molecule has 0 aromatic carbocycles. The maximum Gasteiger partial charge on any atom is 0.472 e. The number of esters is 1. The number of rotatable bonds is 39. The van der Waals surface area contributed by atoms with E-state index in [-0.39, 0.29) is 25.8 Å². The first-order valence-corrected chi connectivity index (χ1v) is 22.4. The Labute approximate surface area is 310 Å². The summed E-state index contributed by atoms with van der Waals surface area (Å²) in [5.74, 6) is -0.315. The fourth-order valence-electron chi connectivity index (χ4n) is 5.78. The molecule has 0 amide bonds. The molecule has 8 nitrogen and oxygen atoms in total. The zero-order chi connectivity index (χ0) is 37.0. The summed E-state index contributed by atoms with van der Waals surface area (Å²) in [6, 6.07) is 0. The quantitative estimate of drug-likeness (QED) is 0.0221. The molecule has 2 atom stereocenters. The van der Waals surface area contributed by atoms with E-state index >= 15 is 0 Å². The Balaban J connectivity index is 4.18. The average molecular weight is 733 g/mol. The van der Waals surface area contributed by atoms with Gasteiger partial charge in [-0.25, -0.2) is 4.57 Å². The number of carbonyl (C=O) groups excluding carboxylic acids is 1. The number of phosphoric acid groups is 1. The van der Waals surface area contributed by atoms with Gasteiger partial charge in [0.1, 0.15) is 19.3 Å². The van der Waals surface area contributed by atoms with E-state index in [1.807, 2.05) is 21.1 Å². The van der Waals surface area contributed by atoms with Gasteiger partial charge in [0.25, 0.3) is 0 Å². The minimum absolute atomic E-state index is 0.0909. The second-order valence-electron chi connectivity index (χ2n) is 15.4. The Bertz CT molecular complexity index is 817. The van der Waals surface area contributed by atoms with Crippen molar-refractivity contribution in [2.24, 2.45) is 0 Å². The minimum Gasteiger partial charge on any atom is -0.457 e. The maximum atomic E-state index is 12.6. The minimum atomic E-state index is -4.26. The largest absolute Gasteiger partial charge is 0.472 e. The van der Waals surface area contributed by atoms with Crippen LogP contribution in [0.4, 0.5) is 0 Å². The fourth-order valence-corrected chi connectivity index (χ4v) is 6.52. The highest BCUT2D eigenvalue weighted by Crippen LogP contribution is 2.43. The standard InChI is InChI=1S/C41H82NO7P/c1-6-8-10-12-14-16-18-19-20-21-22-23-24-25-27-29-31-33-36-46-38-40(39-48-50(44,45)47-37-35-42(3,4)5)49-41(43)34-32-30-28-26-17-15-13-11-9-7-2/h19-20,40H,6-18,21-39H2,1-5H3/p+1/b20-19-. The first-order valence-electron chi connectivity index (χ1n) is 20.9. The van der Waals surface area contributed by atoms with Crippen LogP contribution in [0, 0.1) is 0 Å². The number of carbonyl (C=O) groups is 1. The molecule has 0 bridgehead atoms. The Morgan fingerprint density at radius 1 is 0.600 bits per heavy atom. The van der Waals surface area contributed by atoms with Gasteiger partial charge >= 0.3 is 13.8 Å². The Morgan fingerprint density at radius 3 is 1.52 bits per heavy atom. The second-order valence-corrected chi connectivity index (χ2v) is 16.8. The van der Waals surface area contributed by atoms with Crippen molar-refractivity contribution in [3.63, 3.8) is 0 Å². The lowest BCUT2D eigenvalue weighted by Crippen LogP contribution is -2.37. The van der Waals surface area contributed by atoms with E-state index in [0.29, 0.717) is 24.1 Å². The van der Waals surface area contributed by atoms with Gasteiger partial charge in [0.05, 0.1) is 34.4 Å². The summed E-state index contributed by atoms with van der Waals surface area (Å²) in [5, 5.41) is 0. The highest BCUT2D eigenvalue weighted by Gasteiger charge is 2.26. The lowest BCUT2D eigenvalue weighted by molar-refractivity contribution is -0.870. The SMILES string of the molecule is CCCCCCCC/C=C\CCCCCCCCCCOCC(COP(=O)(O)OCC[N+](C)(C)C)OC(=O)CCCCCCCCCCCC. The molecule has 50 heavy (non-hydrogen) atoms. The van der Waals surface area contributed by atoms with Crippen molar-refractivity contribution in [2.75, 3.05) is 54.1 Å². The number of unbranched alkanes of at least 4 members (excludes halogenated alkanes) is 23. The van der Waals surface area contributed by atoms with Gasteiger partial charge in [0.15, 0.2) is 0 Å². The van der Waals surface area contributed by atoms with E-state index in [0.717, 1.165) is 32.1 Å². The monoisotopic (exact) mass is 733 g/mol. The number of nitrogens with zero attached hydrogens (tertiary/aromatic N) is 1. The van der Waals surface area contributed by atoms with Gasteiger partial charge in [0.2, 0.25) is 0 Å². The molecule has 0 saturated heterocycles. The molecule has 2 unspecified atom stereocenters. The fraction of sp³-hybridized carbons (Fsp3) is 0.927. The molecule has 0 aromatic heterocycles. The van der Waals surface area contributed by atoms with Crippen molar-refractivity contribution in [2.45, 2.75) is 193 Å². The van der Waals surface area contributed by atoms with Crippen LogP contribution in [-0.4, -0.2) is 75.6 Å². The van der Waals surface area contributed by atoms with Gasteiger partial charge < -0.3 is 18.9 Å². The van der Waals surface area contributed by atoms with Crippen molar-refractivity contribution in [3.05, 3.63) is 12.2 Å². The van der Waals surface area contributed by atoms with E-state index in [4.69, 9.17) is 18.5 Å². The van der Waals surface area contributed by atoms with Crippen LogP contribution in [0.1, 0.15) is 187 Å². The average Bonchev–Trinajstić information content (AvgIpc) is 3.06. The Kier molecular flexibility index (Phi) is 34.7. The molecule has 0 spiro atoms. The Morgan fingerprint density at radius 2 is 1.04 bits per heavy atom. The molecule has 0 saturated carbocycles. The number of hydrogen-bond acceptors (Lipinski definition) is 6. The van der Waals surface area contributed by atoms with Gasteiger partial charge in [-0.15, -0.1) is 0 Å². The van der Waals surface area contributed by atoms with Gasteiger partial charge in [0, 0.05) is 13.0 Å². The maximum absolute atomic E-state index is 12.6. The van der Waals surface area contributed by atoms with Crippen molar-refractivity contribution in [1.82, 2.24) is 0 Å². The Hall–Kier alpha value is -0.760. The summed E-state index contributed by atoms with van der Waals surface area (Å²) in [5.41, 5.74) is 0. The summed E-state index contributed by atoms with van der Waals surface area (Å²) in [7, 11) is 1.67. The lowest BCUT2D eigenvalue weighted by atomic mass is 10.1. The molecule has 0 aromatic rings. The van der Waals surface area contributed by atoms with E-state index in [2.05, 4.69) is 26.0 Å². The zero-order valence-electron chi connectivity index (χ0n) is 33.7. The molecule has 0 aliphatic rings. The predicted molar refractivity (Wildman–Crippen MR) is 210 cm³/mol. The predicted octanol–water partition coefficient (Wildman–Crippen LogP) is 11.9. The molecular formula is C41H83NO7P+. The van der Waals surface area contributed by atoms with Crippen LogP contribution >= 0.6 is 7.82 Å². The van der Waals surface area contributed by atoms with Gasteiger partial charge in [-0.1, -0.05) is 154 Å². The first-order chi connectivity index (χ1) is 24.1. The van der Waals surface area contributed by atoms with Crippen molar-refractivity contribution in [1.29, 1.82) is 0 Å². The van der Waals surface area contributed by atoms with Crippen LogP contribution in [0.2, 0.25) is 0 Å². The van der Waals surface area contributed by atoms with Crippen LogP contribution in [-0.2, 0) is 27.9 Å². The van der Waals surface area contributed by atoms with E-state index in [1.54, 1.807) is 0 Å². The van der Waals surface area contributed by atoms with E-state index in [1.165, 1.54) is 135 Å². The molecule has 298 valence electrons. The van der Waals surface area contributed by atoms with Gasteiger partial charge in [-0.3, -0.25) is 13.8 Å². The lowest BCUT2D eigenvalue weighted by Gasteiger charge is -2.24. The number of hydrogen-bond donors (Lipinski definition) is 1. The third kappa shape index (κ3) is 38.5. The third-order valence-electron chi connectivity index (χ3n) is 9.08. The van der Waals surface area contributed by atoms with Crippen LogP contribution in [0.5, 0.6) is 0 Å². The molecule has 9 heteroatoms. The van der Waals surface area contributed by atoms with Crippen LogP contribution in [0.3, 0.4) is 0 Å². The molecule has 1 N–H and O–H groups in total. The number of phosphoric ester groups is 1. The molecule has 0 heterocycles. The van der Waals surface area contributed by atoms with Gasteiger partial charge in [-0.05, 0) is 38.5 Å². The number of quaternary nitrogens is 1.